The topological polar surface area (TPSA) is 61.3 Å². The van der Waals surface area contributed by atoms with Crippen molar-refractivity contribution in [2.24, 2.45) is 0 Å². The molecule has 4 nitrogen and oxygen atoms in total. The predicted octanol–water partition coefficient (Wildman–Crippen LogP) is 3.54. The summed E-state index contributed by atoms with van der Waals surface area (Å²) in [6.45, 7) is 8.47. The fourth-order valence-electron chi connectivity index (χ4n) is 2.12. The minimum absolute atomic E-state index is 0.0145. The summed E-state index contributed by atoms with van der Waals surface area (Å²) in [7, 11) is 1.69. The Morgan fingerprint density at radius 2 is 1.89 bits per heavy atom. The average Bonchev–Trinajstić information content (AvgIpc) is 2.73. The first-order valence-electron chi connectivity index (χ1n) is 6.24. The van der Waals surface area contributed by atoms with E-state index in [4.69, 9.17) is 15.0 Å². The molecule has 0 bridgehead atoms. The second kappa shape index (κ2) is 4.61. The monoisotopic (exact) mass is 260 g/mol. The third-order valence-corrected chi connectivity index (χ3v) is 3.15. The number of nitrogens with two attached hydrogens (primary N) is 1. The molecule has 0 amide bonds. The maximum atomic E-state index is 5.62. The first kappa shape index (κ1) is 13.5. The number of methoxy groups -OCH3 is 1. The minimum Gasteiger partial charge on any atom is -0.496 e. The van der Waals surface area contributed by atoms with Crippen LogP contribution in [0, 0.1) is 6.92 Å². The van der Waals surface area contributed by atoms with Gasteiger partial charge in [-0.3, -0.25) is 0 Å². The van der Waals surface area contributed by atoms with Gasteiger partial charge in [0.25, 0.3) is 0 Å². The fraction of sp³-hybridized carbons (Fsp3) is 0.400. The highest BCUT2D eigenvalue weighted by Crippen LogP contribution is 2.37. The standard InChI is InChI=1S/C15H20N2O2/c1-9-6-13(18-5)11(15(2,3)4)7-10(9)12-8-14(16)17-19-12/h6-8H,1-5H3,(H2,16,17). The maximum absolute atomic E-state index is 5.62. The van der Waals surface area contributed by atoms with E-state index in [1.165, 1.54) is 0 Å². The second-order valence-electron chi connectivity index (χ2n) is 5.73. The van der Waals surface area contributed by atoms with Crippen molar-refractivity contribution in [3.63, 3.8) is 0 Å². The van der Waals surface area contributed by atoms with Crippen molar-refractivity contribution >= 4 is 5.82 Å². The van der Waals surface area contributed by atoms with Crippen molar-refractivity contribution in [3.8, 4) is 17.1 Å². The Morgan fingerprint density at radius 1 is 1.21 bits per heavy atom. The smallest absolute Gasteiger partial charge is 0.169 e. The maximum Gasteiger partial charge on any atom is 0.169 e. The molecular formula is C15H20N2O2. The zero-order chi connectivity index (χ0) is 14.2. The summed E-state index contributed by atoms with van der Waals surface area (Å²) in [5.74, 6) is 1.96. The minimum atomic E-state index is -0.0145. The largest absolute Gasteiger partial charge is 0.496 e. The molecule has 0 aliphatic carbocycles. The van der Waals surface area contributed by atoms with E-state index < -0.39 is 0 Å². The Bertz CT molecular complexity index is 595. The molecule has 1 aromatic carbocycles. The Morgan fingerprint density at radius 3 is 2.37 bits per heavy atom. The van der Waals surface area contributed by atoms with Crippen LogP contribution in [0.3, 0.4) is 0 Å². The second-order valence-corrected chi connectivity index (χ2v) is 5.73. The molecule has 0 aliphatic heterocycles. The van der Waals surface area contributed by atoms with Gasteiger partial charge >= 0.3 is 0 Å². The van der Waals surface area contributed by atoms with Crippen molar-refractivity contribution in [1.82, 2.24) is 5.16 Å². The van der Waals surface area contributed by atoms with Crippen molar-refractivity contribution in [3.05, 3.63) is 29.3 Å². The first-order valence-corrected chi connectivity index (χ1v) is 6.24. The molecule has 1 aromatic heterocycles. The molecular weight excluding hydrogens is 240 g/mol. The lowest BCUT2D eigenvalue weighted by Gasteiger charge is -2.23. The van der Waals surface area contributed by atoms with Crippen molar-refractivity contribution < 1.29 is 9.26 Å². The lowest BCUT2D eigenvalue weighted by atomic mass is 9.84. The van der Waals surface area contributed by atoms with Gasteiger partial charge in [0.2, 0.25) is 0 Å². The molecule has 19 heavy (non-hydrogen) atoms. The summed E-state index contributed by atoms with van der Waals surface area (Å²) >= 11 is 0. The van der Waals surface area contributed by atoms with Crippen LogP contribution in [0.1, 0.15) is 31.9 Å². The van der Waals surface area contributed by atoms with Crippen LogP contribution in [0.5, 0.6) is 5.75 Å². The Labute approximate surface area is 113 Å². The van der Waals surface area contributed by atoms with Crippen molar-refractivity contribution in [2.45, 2.75) is 33.1 Å². The summed E-state index contributed by atoms with van der Waals surface area (Å²) in [6.07, 6.45) is 0. The van der Waals surface area contributed by atoms with E-state index in [1.54, 1.807) is 13.2 Å². The highest BCUT2D eigenvalue weighted by Gasteiger charge is 2.22. The molecule has 1 heterocycles. The highest BCUT2D eigenvalue weighted by atomic mass is 16.5. The van der Waals surface area contributed by atoms with Crippen LogP contribution in [0.4, 0.5) is 5.82 Å². The number of ether oxygens (including phenoxy) is 1. The van der Waals surface area contributed by atoms with E-state index in [0.29, 0.717) is 11.6 Å². The van der Waals surface area contributed by atoms with Crippen LogP contribution < -0.4 is 10.5 Å². The van der Waals surface area contributed by atoms with E-state index >= 15 is 0 Å². The van der Waals surface area contributed by atoms with Gasteiger partial charge in [-0.05, 0) is 30.0 Å². The number of anilines is 1. The number of hydrogen-bond acceptors (Lipinski definition) is 4. The van der Waals surface area contributed by atoms with Gasteiger partial charge in [0.05, 0.1) is 7.11 Å². The molecule has 0 spiro atoms. The fourth-order valence-corrected chi connectivity index (χ4v) is 2.12. The molecule has 0 aliphatic rings. The lowest BCUT2D eigenvalue weighted by molar-refractivity contribution is 0.397. The molecule has 0 radical (unpaired) electrons. The van der Waals surface area contributed by atoms with Crippen LogP contribution in [-0.2, 0) is 5.41 Å². The number of benzene rings is 1. The van der Waals surface area contributed by atoms with Gasteiger partial charge in [0.15, 0.2) is 11.6 Å². The van der Waals surface area contributed by atoms with E-state index in [1.807, 2.05) is 13.0 Å². The van der Waals surface area contributed by atoms with E-state index in [0.717, 1.165) is 22.4 Å². The van der Waals surface area contributed by atoms with Gasteiger partial charge < -0.3 is 15.0 Å². The van der Waals surface area contributed by atoms with Gasteiger partial charge in [-0.2, -0.15) is 0 Å². The summed E-state index contributed by atoms with van der Waals surface area (Å²) in [5, 5.41) is 3.74. The number of nitrogen functional groups attached to an aromatic ring is 1. The molecule has 0 unspecified atom stereocenters. The van der Waals surface area contributed by atoms with Gasteiger partial charge in [0.1, 0.15) is 5.75 Å². The lowest BCUT2D eigenvalue weighted by Crippen LogP contribution is -2.13. The zero-order valence-corrected chi connectivity index (χ0v) is 12.1. The normalized spacial score (nSPS) is 11.6. The number of aromatic nitrogens is 1. The van der Waals surface area contributed by atoms with Gasteiger partial charge in [0, 0.05) is 17.2 Å². The Kier molecular flexibility index (Phi) is 3.27. The predicted molar refractivity (Wildman–Crippen MR) is 76.3 cm³/mol. The molecule has 4 heteroatoms. The zero-order valence-electron chi connectivity index (χ0n) is 12.1. The summed E-state index contributed by atoms with van der Waals surface area (Å²) < 4.78 is 10.7. The number of aryl methyl sites for hydroxylation is 1. The van der Waals surface area contributed by atoms with E-state index in [-0.39, 0.29) is 5.41 Å². The van der Waals surface area contributed by atoms with Crippen LogP contribution in [0.15, 0.2) is 22.7 Å². The molecule has 0 atom stereocenters. The molecule has 2 aromatic rings. The molecule has 2 rings (SSSR count). The van der Waals surface area contributed by atoms with E-state index in [2.05, 4.69) is 32.0 Å². The Hall–Kier alpha value is -1.97. The quantitative estimate of drug-likeness (QED) is 0.897. The van der Waals surface area contributed by atoms with Crippen molar-refractivity contribution in [2.75, 3.05) is 12.8 Å². The third kappa shape index (κ3) is 2.57. The summed E-state index contributed by atoms with van der Waals surface area (Å²) in [6, 6.07) is 5.85. The SMILES string of the molecule is COc1cc(C)c(-c2cc(N)no2)cc1C(C)(C)C. The number of hydrogen-bond donors (Lipinski definition) is 1. The van der Waals surface area contributed by atoms with Crippen LogP contribution >= 0.6 is 0 Å². The van der Waals surface area contributed by atoms with Gasteiger partial charge in [-0.1, -0.05) is 25.9 Å². The molecule has 0 saturated heterocycles. The van der Waals surface area contributed by atoms with Crippen LogP contribution in [-0.4, -0.2) is 12.3 Å². The molecule has 0 saturated carbocycles. The number of nitrogens with zero attached hydrogens (tertiary/aromatic N) is 1. The molecule has 0 fully saturated rings. The Balaban J connectivity index is 2.63. The average molecular weight is 260 g/mol. The van der Waals surface area contributed by atoms with Gasteiger partial charge in [-0.15, -0.1) is 0 Å². The third-order valence-electron chi connectivity index (χ3n) is 3.15. The van der Waals surface area contributed by atoms with Crippen LogP contribution in [0.2, 0.25) is 0 Å². The molecule has 102 valence electrons. The van der Waals surface area contributed by atoms with Crippen LogP contribution in [0.25, 0.3) is 11.3 Å². The number of rotatable bonds is 2. The first-order chi connectivity index (χ1) is 8.82. The summed E-state index contributed by atoms with van der Waals surface area (Å²) in [5.41, 5.74) is 8.80. The van der Waals surface area contributed by atoms with Gasteiger partial charge in [-0.25, -0.2) is 0 Å². The molecule has 2 N–H and O–H groups in total. The van der Waals surface area contributed by atoms with Crippen molar-refractivity contribution in [1.29, 1.82) is 0 Å². The summed E-state index contributed by atoms with van der Waals surface area (Å²) in [4.78, 5) is 0. The van der Waals surface area contributed by atoms with E-state index in [9.17, 15) is 0 Å². The highest BCUT2D eigenvalue weighted by molar-refractivity contribution is 5.67.